The van der Waals surface area contributed by atoms with Gasteiger partial charge in [0, 0.05) is 19.2 Å². The highest BCUT2D eigenvalue weighted by Gasteiger charge is 2.46. The molecule has 2 aromatic carbocycles. The first-order valence-corrected chi connectivity index (χ1v) is 10.2. The molecule has 32 heavy (non-hydrogen) atoms. The van der Waals surface area contributed by atoms with Crippen LogP contribution in [-0.2, 0) is 14.3 Å². The molecule has 1 N–H and O–H groups in total. The Bertz CT molecular complexity index is 1030. The number of hydrogen-bond donors (Lipinski definition) is 1. The van der Waals surface area contributed by atoms with E-state index < -0.39 is 17.7 Å². The Morgan fingerprint density at radius 2 is 1.81 bits per heavy atom. The standard InChI is InChI=1S/C24H27NO7/c1-5-32-18-10-9-15(14-19(18)31-4)21-20(23(27)24(28)25(21)11-12-29-2)22(26)16-7-6-8-17(13-16)30-3/h6-10,13-14,21,26H,5,11-12H2,1-4H3/b22-20-. The second-order valence-corrected chi connectivity index (χ2v) is 7.06. The molecule has 1 saturated heterocycles. The second kappa shape index (κ2) is 10.2. The van der Waals surface area contributed by atoms with Gasteiger partial charge < -0.3 is 29.0 Å². The number of nitrogens with zero attached hydrogens (tertiary/aromatic N) is 1. The third-order valence-electron chi connectivity index (χ3n) is 5.22. The molecule has 8 heteroatoms. The van der Waals surface area contributed by atoms with E-state index in [1.54, 1.807) is 42.5 Å². The van der Waals surface area contributed by atoms with Gasteiger partial charge in [-0.05, 0) is 36.8 Å². The molecule has 1 unspecified atom stereocenters. The zero-order chi connectivity index (χ0) is 23.3. The van der Waals surface area contributed by atoms with E-state index in [1.165, 1.54) is 26.2 Å². The van der Waals surface area contributed by atoms with Crippen LogP contribution in [0.25, 0.3) is 5.76 Å². The maximum atomic E-state index is 13.0. The summed E-state index contributed by atoms with van der Waals surface area (Å²) in [5.41, 5.74) is 0.965. The van der Waals surface area contributed by atoms with Gasteiger partial charge in [-0.15, -0.1) is 0 Å². The predicted octanol–water partition coefficient (Wildman–Crippen LogP) is 3.17. The molecule has 0 aliphatic carbocycles. The van der Waals surface area contributed by atoms with Crippen LogP contribution in [0.3, 0.4) is 0 Å². The number of likely N-dealkylation sites (tertiary alicyclic amines) is 1. The number of methoxy groups -OCH3 is 3. The van der Waals surface area contributed by atoms with Gasteiger partial charge in [-0.2, -0.15) is 0 Å². The van der Waals surface area contributed by atoms with Crippen LogP contribution in [0.4, 0.5) is 0 Å². The lowest BCUT2D eigenvalue weighted by Crippen LogP contribution is -2.32. The maximum absolute atomic E-state index is 13.0. The lowest BCUT2D eigenvalue weighted by Gasteiger charge is -2.25. The molecule has 1 amide bonds. The van der Waals surface area contributed by atoms with Crippen molar-refractivity contribution in [1.82, 2.24) is 4.90 Å². The normalized spacial score (nSPS) is 17.5. The van der Waals surface area contributed by atoms with Crippen molar-refractivity contribution in [2.24, 2.45) is 0 Å². The molecular formula is C24H27NO7. The van der Waals surface area contributed by atoms with E-state index in [0.717, 1.165) is 0 Å². The van der Waals surface area contributed by atoms with Gasteiger partial charge in [0.1, 0.15) is 11.5 Å². The molecule has 0 saturated carbocycles. The topological polar surface area (TPSA) is 94.5 Å². The fourth-order valence-corrected chi connectivity index (χ4v) is 3.70. The Morgan fingerprint density at radius 3 is 2.47 bits per heavy atom. The number of aliphatic hydroxyl groups is 1. The van der Waals surface area contributed by atoms with Crippen molar-refractivity contribution in [2.45, 2.75) is 13.0 Å². The molecular weight excluding hydrogens is 414 g/mol. The summed E-state index contributed by atoms with van der Waals surface area (Å²) in [6.45, 7) is 2.73. The van der Waals surface area contributed by atoms with E-state index in [1.807, 2.05) is 6.92 Å². The summed E-state index contributed by atoms with van der Waals surface area (Å²) in [6.07, 6.45) is 0. The molecule has 3 rings (SSSR count). The van der Waals surface area contributed by atoms with Crippen molar-refractivity contribution in [3.63, 3.8) is 0 Å². The Kier molecular flexibility index (Phi) is 7.37. The van der Waals surface area contributed by atoms with Gasteiger partial charge in [-0.25, -0.2) is 0 Å². The summed E-state index contributed by atoms with van der Waals surface area (Å²) in [7, 11) is 4.54. The molecule has 1 aliphatic rings. The van der Waals surface area contributed by atoms with E-state index in [0.29, 0.717) is 35.0 Å². The predicted molar refractivity (Wildman–Crippen MR) is 118 cm³/mol. The number of benzene rings is 2. The number of amides is 1. The fraction of sp³-hybridized carbons (Fsp3) is 0.333. The third kappa shape index (κ3) is 4.40. The molecule has 1 heterocycles. The largest absolute Gasteiger partial charge is 0.507 e. The molecule has 1 fully saturated rings. The van der Waals surface area contributed by atoms with Crippen LogP contribution >= 0.6 is 0 Å². The Hall–Kier alpha value is -3.52. The van der Waals surface area contributed by atoms with Crippen molar-refractivity contribution < 1.29 is 33.6 Å². The second-order valence-electron chi connectivity index (χ2n) is 7.06. The number of carbonyl (C=O) groups excluding carboxylic acids is 2. The summed E-state index contributed by atoms with van der Waals surface area (Å²) < 4.78 is 21.4. The van der Waals surface area contributed by atoms with E-state index in [4.69, 9.17) is 18.9 Å². The highest BCUT2D eigenvalue weighted by molar-refractivity contribution is 6.46. The summed E-state index contributed by atoms with van der Waals surface area (Å²) in [6, 6.07) is 11.0. The minimum Gasteiger partial charge on any atom is -0.507 e. The molecule has 0 radical (unpaired) electrons. The quantitative estimate of drug-likeness (QED) is 0.363. The molecule has 170 valence electrons. The smallest absolute Gasteiger partial charge is 0.295 e. The van der Waals surface area contributed by atoms with Crippen LogP contribution in [0, 0.1) is 0 Å². The fourth-order valence-electron chi connectivity index (χ4n) is 3.70. The first kappa shape index (κ1) is 23.1. The van der Waals surface area contributed by atoms with Gasteiger partial charge in [-0.3, -0.25) is 9.59 Å². The lowest BCUT2D eigenvalue weighted by atomic mass is 9.95. The highest BCUT2D eigenvalue weighted by Crippen LogP contribution is 2.42. The van der Waals surface area contributed by atoms with Crippen LogP contribution < -0.4 is 14.2 Å². The number of rotatable bonds is 9. The lowest BCUT2D eigenvalue weighted by molar-refractivity contribution is -0.140. The van der Waals surface area contributed by atoms with Crippen LogP contribution in [0.2, 0.25) is 0 Å². The number of Topliss-reactive ketones (excluding diaryl/α,β-unsaturated/α-hetero) is 1. The SMILES string of the molecule is CCOc1ccc(C2/C(=C(/O)c3cccc(OC)c3)C(=O)C(=O)N2CCOC)cc1OC. The molecule has 1 aliphatic heterocycles. The monoisotopic (exact) mass is 441 g/mol. The molecule has 0 aromatic heterocycles. The summed E-state index contributed by atoms with van der Waals surface area (Å²) in [4.78, 5) is 27.3. The molecule has 8 nitrogen and oxygen atoms in total. The van der Waals surface area contributed by atoms with Gasteiger partial charge >= 0.3 is 0 Å². The number of ether oxygens (including phenoxy) is 4. The third-order valence-corrected chi connectivity index (χ3v) is 5.22. The Labute approximate surface area is 187 Å². The van der Waals surface area contributed by atoms with Crippen molar-refractivity contribution in [1.29, 1.82) is 0 Å². The number of aliphatic hydroxyl groups excluding tert-OH is 1. The van der Waals surface area contributed by atoms with Crippen molar-refractivity contribution in [3.8, 4) is 17.2 Å². The Balaban J connectivity index is 2.18. The molecule has 0 spiro atoms. The first-order chi connectivity index (χ1) is 15.5. The maximum Gasteiger partial charge on any atom is 0.295 e. The average Bonchev–Trinajstić information content (AvgIpc) is 3.07. The van der Waals surface area contributed by atoms with Crippen LogP contribution in [0.15, 0.2) is 48.0 Å². The highest BCUT2D eigenvalue weighted by atomic mass is 16.5. The zero-order valence-corrected chi connectivity index (χ0v) is 18.6. The average molecular weight is 441 g/mol. The first-order valence-electron chi connectivity index (χ1n) is 10.2. The van der Waals surface area contributed by atoms with Gasteiger partial charge in [0.2, 0.25) is 0 Å². The molecule has 1 atom stereocenters. The number of carbonyl (C=O) groups is 2. The van der Waals surface area contributed by atoms with Gasteiger partial charge in [-0.1, -0.05) is 18.2 Å². The minimum absolute atomic E-state index is 0.00873. The summed E-state index contributed by atoms with van der Waals surface area (Å²) >= 11 is 0. The molecule has 2 aromatic rings. The van der Waals surface area contributed by atoms with Gasteiger partial charge in [0.25, 0.3) is 11.7 Å². The van der Waals surface area contributed by atoms with Crippen LogP contribution in [0.1, 0.15) is 24.1 Å². The minimum atomic E-state index is -0.819. The van der Waals surface area contributed by atoms with Crippen LogP contribution in [-0.4, -0.2) is 62.8 Å². The van der Waals surface area contributed by atoms with Gasteiger partial charge in [0.05, 0.1) is 39.0 Å². The van der Waals surface area contributed by atoms with Crippen LogP contribution in [0.5, 0.6) is 17.2 Å². The number of hydrogen-bond acceptors (Lipinski definition) is 7. The van der Waals surface area contributed by atoms with E-state index in [2.05, 4.69) is 0 Å². The van der Waals surface area contributed by atoms with Crippen molar-refractivity contribution >= 4 is 17.4 Å². The van der Waals surface area contributed by atoms with E-state index in [-0.39, 0.29) is 24.5 Å². The van der Waals surface area contributed by atoms with Crippen molar-refractivity contribution in [2.75, 3.05) is 41.1 Å². The van der Waals surface area contributed by atoms with E-state index in [9.17, 15) is 14.7 Å². The molecule has 0 bridgehead atoms. The van der Waals surface area contributed by atoms with Gasteiger partial charge in [0.15, 0.2) is 11.5 Å². The zero-order valence-electron chi connectivity index (χ0n) is 18.6. The summed E-state index contributed by atoms with van der Waals surface area (Å²) in [5, 5.41) is 11.1. The van der Waals surface area contributed by atoms with Crippen molar-refractivity contribution in [3.05, 3.63) is 59.2 Å². The summed E-state index contributed by atoms with van der Waals surface area (Å²) in [5.74, 6) is -0.228. The van der Waals surface area contributed by atoms with E-state index >= 15 is 0 Å². The Morgan fingerprint density at radius 1 is 1.03 bits per heavy atom. The number of ketones is 1.